The monoisotopic (exact) mass is 1190 g/mol. The predicted molar refractivity (Wildman–Crippen MR) is 382 cm³/mol. The lowest BCUT2D eigenvalue weighted by Gasteiger charge is -2.32. The van der Waals surface area contributed by atoms with Crippen LogP contribution in [-0.4, -0.2) is 16.2 Å². The summed E-state index contributed by atoms with van der Waals surface area (Å²) in [5, 5.41) is 4.93. The Morgan fingerprint density at radius 2 is 1.00 bits per heavy atom. The lowest BCUT2D eigenvalue weighted by atomic mass is 9.77. The third-order valence-corrected chi connectivity index (χ3v) is 19.2. The van der Waals surface area contributed by atoms with E-state index in [2.05, 4.69) is 287 Å². The van der Waals surface area contributed by atoms with Gasteiger partial charge in [-0.25, -0.2) is 4.98 Å². The van der Waals surface area contributed by atoms with Crippen molar-refractivity contribution in [2.75, 3.05) is 16.5 Å². The zero-order chi connectivity index (χ0) is 67.5. The molecule has 1 aliphatic heterocycles. The Morgan fingerprint density at radius 1 is 0.443 bits per heavy atom. The molecule has 0 saturated heterocycles. The van der Waals surface area contributed by atoms with Crippen molar-refractivity contribution >= 4 is 76.1 Å². The molecule has 0 aliphatic carbocycles. The largest absolute Gasteiger partial charge is 0.457 e. The number of anilines is 4. The fraction of sp³-hybridized carbons (Fsp3) is 0.354. The first-order chi connectivity index (χ1) is 43.1. The van der Waals surface area contributed by atoms with Crippen LogP contribution in [0, 0.1) is 0 Å². The van der Waals surface area contributed by atoms with Gasteiger partial charge in [-0.05, 0) is 161 Å². The number of aromatic nitrogens is 2. The van der Waals surface area contributed by atoms with E-state index < -0.39 is 11.5 Å². The quantitative estimate of drug-likeness (QED) is 0.159. The zero-order valence-corrected chi connectivity index (χ0v) is 56.8. The molecule has 4 heterocycles. The number of benzene rings is 8. The first kappa shape index (κ1) is 54.5. The van der Waals surface area contributed by atoms with Crippen LogP contribution in [0.5, 0.6) is 11.5 Å². The number of ether oxygens (including phenoxy) is 1. The SMILES string of the molecule is [2H]c1c([2H])c([2H])c(-c2cc(C(C)(C)C)cc(-c3cc(C(C)(C)C)cc(C(C)(C)C)c3)c2N2CN(c3cc(Oc4ccc5c6c7sc8cc(C(C)(C)C)cc(C(C)(C)C)c8c7ccc6n(-c6cc(C(C)(C)C)ccn6)c5c4)cc(C(C)(C)C)c3)c3ccccc32)c([2H])c1[2H]. The molecule has 0 amide bonds. The van der Waals surface area contributed by atoms with Gasteiger partial charge in [0.15, 0.2) is 0 Å². The van der Waals surface area contributed by atoms with Crippen molar-refractivity contribution in [1.29, 1.82) is 0 Å². The lowest BCUT2D eigenvalue weighted by Crippen LogP contribution is -2.26. The van der Waals surface area contributed by atoms with Crippen molar-refractivity contribution in [3.8, 4) is 39.6 Å². The summed E-state index contributed by atoms with van der Waals surface area (Å²) in [4.78, 5) is 9.77. The molecule has 88 heavy (non-hydrogen) atoms. The summed E-state index contributed by atoms with van der Waals surface area (Å²) in [6.45, 7) is 47.7. The molecular formula is C82H92N4OS. The van der Waals surface area contributed by atoms with Gasteiger partial charge in [0.2, 0.25) is 0 Å². The highest BCUT2D eigenvalue weighted by atomic mass is 32.1. The summed E-state index contributed by atoms with van der Waals surface area (Å²) in [6.07, 6.45) is 1.94. The average Bonchev–Trinajstić information content (AvgIpc) is 1.60. The van der Waals surface area contributed by atoms with Crippen molar-refractivity contribution in [3.63, 3.8) is 0 Å². The molecule has 12 rings (SSSR count). The summed E-state index contributed by atoms with van der Waals surface area (Å²) < 4.78 is 58.4. The van der Waals surface area contributed by atoms with Crippen molar-refractivity contribution < 1.29 is 11.6 Å². The van der Waals surface area contributed by atoms with Crippen LogP contribution in [0.3, 0.4) is 0 Å². The standard InChI is InChI=1S/C82H92N4OS/c1-76(2,3)52-35-36-83-71(46-52)86-68-34-33-62-72-65(82(19,20)21)44-57(81(16,17)18)45-70(72)88-75(62)73(68)61-32-31-59(48-69(61)86)87-60-41-55(79(10,11)12)40-58(47-60)84-49-85(67-30-26-25-29-66(67)84)74-63(50-27-23-22-24-28-50)42-56(80(13,14)15)43-64(74)51-37-53(77(4,5)6)39-54(38-51)78(7,8)9/h22-48H,49H2,1-21H3/i22D,23D,24D,27D,28D. The van der Waals surface area contributed by atoms with Crippen molar-refractivity contribution in [2.24, 2.45) is 0 Å². The molecule has 8 aromatic carbocycles. The second-order valence-electron chi connectivity index (χ2n) is 32.0. The van der Waals surface area contributed by atoms with Crippen LogP contribution in [-0.2, 0) is 37.9 Å². The molecule has 11 aromatic rings. The van der Waals surface area contributed by atoms with Crippen molar-refractivity contribution in [2.45, 2.75) is 183 Å². The van der Waals surface area contributed by atoms with E-state index in [4.69, 9.17) is 13.8 Å². The third-order valence-electron chi connectivity index (χ3n) is 18.0. The number of hydrogen-bond donors (Lipinski definition) is 0. The first-order valence-corrected chi connectivity index (χ1v) is 32.3. The number of nitrogens with zero attached hydrogens (tertiary/aromatic N) is 4. The summed E-state index contributed by atoms with van der Waals surface area (Å²) in [5.41, 5.74) is 15.3. The van der Waals surface area contributed by atoms with Gasteiger partial charge in [-0.2, -0.15) is 0 Å². The molecule has 0 atom stereocenters. The molecule has 0 spiro atoms. The van der Waals surface area contributed by atoms with Crippen LogP contribution in [0.2, 0.25) is 0 Å². The fourth-order valence-electron chi connectivity index (χ4n) is 12.6. The Hall–Kier alpha value is -7.67. The Balaban J connectivity index is 1.06. The maximum Gasteiger partial charge on any atom is 0.137 e. The third kappa shape index (κ3) is 11.1. The minimum Gasteiger partial charge on any atom is -0.457 e. The molecule has 0 fully saturated rings. The van der Waals surface area contributed by atoms with Crippen LogP contribution in [0.1, 0.15) is 191 Å². The second kappa shape index (κ2) is 21.0. The lowest BCUT2D eigenvalue weighted by molar-refractivity contribution is 0.479. The van der Waals surface area contributed by atoms with Crippen molar-refractivity contribution in [1.82, 2.24) is 9.55 Å². The van der Waals surface area contributed by atoms with Gasteiger partial charge in [0, 0.05) is 66.1 Å². The average molecular weight is 1190 g/mol. The highest BCUT2D eigenvalue weighted by Crippen LogP contribution is 2.54. The molecule has 0 saturated carbocycles. The number of rotatable bonds is 7. The van der Waals surface area contributed by atoms with Crippen LogP contribution in [0.15, 0.2) is 164 Å². The van der Waals surface area contributed by atoms with Gasteiger partial charge in [0.25, 0.3) is 0 Å². The molecule has 1 aliphatic rings. The molecule has 3 aromatic heterocycles. The highest BCUT2D eigenvalue weighted by Gasteiger charge is 2.35. The summed E-state index contributed by atoms with van der Waals surface area (Å²) in [6, 6.07) is 45.1. The molecule has 0 bridgehead atoms. The highest BCUT2D eigenvalue weighted by molar-refractivity contribution is 7.26. The summed E-state index contributed by atoms with van der Waals surface area (Å²) >= 11 is 1.89. The van der Waals surface area contributed by atoms with E-state index in [1.54, 1.807) is 0 Å². The molecule has 452 valence electrons. The normalized spacial score (nSPS) is 14.7. The molecular weight excluding hydrogens is 1090 g/mol. The number of hydrogen-bond acceptors (Lipinski definition) is 5. The Morgan fingerprint density at radius 3 is 1.60 bits per heavy atom. The topological polar surface area (TPSA) is 33.5 Å². The van der Waals surface area contributed by atoms with Gasteiger partial charge in [-0.3, -0.25) is 4.57 Å². The van der Waals surface area contributed by atoms with E-state index in [1.165, 1.54) is 53.4 Å². The van der Waals surface area contributed by atoms with Gasteiger partial charge in [0.05, 0.1) is 34.9 Å². The van der Waals surface area contributed by atoms with Gasteiger partial charge in [-0.1, -0.05) is 218 Å². The minimum atomic E-state index is -0.423. The smallest absolute Gasteiger partial charge is 0.137 e. The van der Waals surface area contributed by atoms with E-state index >= 15 is 0 Å². The maximum atomic E-state index is 9.63. The Labute approximate surface area is 536 Å². The number of thiophene rings is 1. The molecule has 6 heteroatoms. The predicted octanol–water partition coefficient (Wildman–Crippen LogP) is 24.0. The maximum absolute atomic E-state index is 9.63. The number of para-hydroxylation sites is 2. The second-order valence-corrected chi connectivity index (χ2v) is 33.1. The molecule has 5 nitrogen and oxygen atoms in total. The fourth-order valence-corrected chi connectivity index (χ4v) is 13.9. The summed E-state index contributed by atoms with van der Waals surface area (Å²) in [7, 11) is 0. The van der Waals surface area contributed by atoms with Gasteiger partial charge < -0.3 is 14.5 Å². The van der Waals surface area contributed by atoms with E-state index in [-0.39, 0.29) is 62.2 Å². The van der Waals surface area contributed by atoms with Gasteiger partial charge in [0.1, 0.15) is 24.0 Å². The first-order valence-electron chi connectivity index (χ1n) is 33.9. The summed E-state index contributed by atoms with van der Waals surface area (Å²) in [5.74, 6) is 2.22. The van der Waals surface area contributed by atoms with E-state index in [9.17, 15) is 2.74 Å². The van der Waals surface area contributed by atoms with E-state index in [0.29, 0.717) is 23.7 Å². The Bertz CT molecular complexity index is 4800. The Kier molecular flexibility index (Phi) is 13.0. The van der Waals surface area contributed by atoms with Crippen LogP contribution < -0.4 is 14.5 Å². The van der Waals surface area contributed by atoms with Crippen LogP contribution in [0.25, 0.3) is 70.0 Å². The number of fused-ring (bicyclic) bond motifs is 8. The van der Waals surface area contributed by atoms with Crippen molar-refractivity contribution in [3.05, 3.63) is 203 Å². The van der Waals surface area contributed by atoms with Gasteiger partial charge >= 0.3 is 0 Å². The van der Waals surface area contributed by atoms with Crippen LogP contribution >= 0.6 is 11.3 Å². The zero-order valence-electron chi connectivity index (χ0n) is 61.0. The number of pyridine rings is 1. The molecule has 0 unspecified atom stereocenters. The van der Waals surface area contributed by atoms with Crippen LogP contribution in [0.4, 0.5) is 22.7 Å². The minimum absolute atomic E-state index is 0.0216. The molecule has 0 N–H and O–H groups in total. The van der Waals surface area contributed by atoms with E-state index in [0.717, 1.165) is 67.2 Å². The molecule has 0 radical (unpaired) electrons. The van der Waals surface area contributed by atoms with E-state index in [1.807, 2.05) is 17.5 Å². The van der Waals surface area contributed by atoms with Gasteiger partial charge in [-0.15, -0.1) is 11.3 Å².